The second kappa shape index (κ2) is 6.61. The van der Waals surface area contributed by atoms with Crippen LogP contribution in [0.15, 0.2) is 65.8 Å². The molecule has 0 bridgehead atoms. The lowest BCUT2D eigenvalue weighted by atomic mass is 10.2. The summed E-state index contributed by atoms with van der Waals surface area (Å²) in [6, 6.07) is 19.4. The van der Waals surface area contributed by atoms with E-state index in [1.807, 2.05) is 65.3 Å². The maximum absolute atomic E-state index is 12.2. The van der Waals surface area contributed by atoms with Crippen LogP contribution in [0, 0.1) is 0 Å². The van der Waals surface area contributed by atoms with Crippen LogP contribution in [0.2, 0.25) is 0 Å². The van der Waals surface area contributed by atoms with Gasteiger partial charge in [-0.1, -0.05) is 60.3 Å². The number of hydrogen-bond acceptors (Lipinski definition) is 4. The monoisotopic (exact) mass is 335 g/mol. The smallest absolute Gasteiger partial charge is 0.209 e. The summed E-state index contributed by atoms with van der Waals surface area (Å²) in [5.41, 5.74) is 1.75. The van der Waals surface area contributed by atoms with E-state index >= 15 is 0 Å². The maximum atomic E-state index is 12.2. The molecular weight excluding hydrogens is 318 g/mol. The third-order valence-corrected chi connectivity index (χ3v) is 4.82. The Kier molecular flexibility index (Phi) is 4.17. The summed E-state index contributed by atoms with van der Waals surface area (Å²) in [6.45, 7) is 0. The predicted octanol–water partition coefficient (Wildman–Crippen LogP) is 4.12. The first-order valence-electron chi connectivity index (χ1n) is 8.05. The Labute approximate surface area is 144 Å². The summed E-state index contributed by atoms with van der Waals surface area (Å²) < 4.78 is 1.92. The van der Waals surface area contributed by atoms with E-state index < -0.39 is 0 Å². The van der Waals surface area contributed by atoms with Gasteiger partial charge in [0, 0.05) is 11.5 Å². The molecule has 4 rings (SSSR count). The van der Waals surface area contributed by atoms with Crippen molar-refractivity contribution < 1.29 is 4.79 Å². The average molecular weight is 335 g/mol. The van der Waals surface area contributed by atoms with Crippen molar-refractivity contribution in [3.05, 3.63) is 72.1 Å². The molecule has 4 nitrogen and oxygen atoms in total. The van der Waals surface area contributed by atoms with Gasteiger partial charge >= 0.3 is 0 Å². The summed E-state index contributed by atoms with van der Waals surface area (Å²) >= 11 is 1.41. The molecule has 0 saturated heterocycles. The van der Waals surface area contributed by atoms with Crippen LogP contribution in [0.25, 0.3) is 5.69 Å². The molecule has 1 aliphatic carbocycles. The Hall–Kier alpha value is -2.40. The minimum absolute atomic E-state index is 0.102. The molecule has 0 unspecified atom stereocenters. The van der Waals surface area contributed by atoms with E-state index in [0.29, 0.717) is 16.8 Å². The van der Waals surface area contributed by atoms with E-state index in [9.17, 15) is 4.79 Å². The number of rotatable bonds is 6. The van der Waals surface area contributed by atoms with Crippen LogP contribution >= 0.6 is 11.8 Å². The molecule has 1 saturated carbocycles. The Morgan fingerprint density at radius 3 is 2.38 bits per heavy atom. The zero-order valence-electron chi connectivity index (χ0n) is 13.1. The van der Waals surface area contributed by atoms with Gasteiger partial charge in [0.2, 0.25) is 5.16 Å². The molecule has 3 aromatic rings. The molecule has 5 heteroatoms. The number of carbonyl (C=O) groups is 1. The molecule has 1 aliphatic rings. The van der Waals surface area contributed by atoms with Crippen LogP contribution in [0.5, 0.6) is 0 Å². The largest absolute Gasteiger partial charge is 0.293 e. The normalized spacial score (nSPS) is 13.8. The van der Waals surface area contributed by atoms with Crippen molar-refractivity contribution in [2.75, 3.05) is 5.75 Å². The number of ketones is 1. The lowest BCUT2D eigenvalue weighted by molar-refractivity contribution is 0.102. The third kappa shape index (κ3) is 3.26. The van der Waals surface area contributed by atoms with Gasteiger partial charge in [0.15, 0.2) is 5.78 Å². The van der Waals surface area contributed by atoms with Crippen LogP contribution < -0.4 is 0 Å². The van der Waals surface area contributed by atoms with E-state index in [0.717, 1.165) is 17.1 Å². The SMILES string of the molecule is O=C(CSc1nc(C2CC2)n(-c2ccccc2)n1)c1ccccc1. The van der Waals surface area contributed by atoms with Gasteiger partial charge < -0.3 is 0 Å². The van der Waals surface area contributed by atoms with Crippen molar-refractivity contribution in [3.63, 3.8) is 0 Å². The van der Waals surface area contributed by atoms with Gasteiger partial charge in [-0.3, -0.25) is 4.79 Å². The number of benzene rings is 2. The number of nitrogens with zero attached hydrogens (tertiary/aromatic N) is 3. The van der Waals surface area contributed by atoms with Crippen LogP contribution in [-0.4, -0.2) is 26.3 Å². The van der Waals surface area contributed by atoms with E-state index in [1.54, 1.807) is 0 Å². The molecule has 0 N–H and O–H groups in total. The quantitative estimate of drug-likeness (QED) is 0.502. The topological polar surface area (TPSA) is 47.8 Å². The van der Waals surface area contributed by atoms with E-state index in [2.05, 4.69) is 10.1 Å². The van der Waals surface area contributed by atoms with Crippen molar-refractivity contribution >= 4 is 17.5 Å². The van der Waals surface area contributed by atoms with E-state index in [1.165, 1.54) is 24.6 Å². The second-order valence-corrected chi connectivity index (χ2v) is 6.79. The molecule has 24 heavy (non-hydrogen) atoms. The molecule has 0 aliphatic heterocycles. The van der Waals surface area contributed by atoms with Gasteiger partial charge in [-0.2, -0.15) is 0 Å². The first-order valence-corrected chi connectivity index (χ1v) is 9.03. The van der Waals surface area contributed by atoms with Gasteiger partial charge in [0.05, 0.1) is 11.4 Å². The molecular formula is C19H17N3OS. The molecule has 1 fully saturated rings. The first kappa shape index (κ1) is 15.1. The Bertz CT molecular complexity index is 842. The van der Waals surface area contributed by atoms with Crippen molar-refractivity contribution in [1.82, 2.24) is 14.8 Å². The van der Waals surface area contributed by atoms with Gasteiger partial charge in [0.1, 0.15) is 5.82 Å². The Balaban J connectivity index is 1.53. The number of carbonyl (C=O) groups excluding carboxylic acids is 1. The zero-order valence-corrected chi connectivity index (χ0v) is 13.9. The van der Waals surface area contributed by atoms with Crippen LogP contribution in [0.1, 0.15) is 34.9 Å². The van der Waals surface area contributed by atoms with Crippen molar-refractivity contribution in [1.29, 1.82) is 0 Å². The van der Waals surface area contributed by atoms with Gasteiger partial charge in [0.25, 0.3) is 0 Å². The Morgan fingerprint density at radius 1 is 1.04 bits per heavy atom. The molecule has 1 aromatic heterocycles. The average Bonchev–Trinajstić information content (AvgIpc) is 3.40. The molecule has 2 aromatic carbocycles. The highest BCUT2D eigenvalue weighted by Crippen LogP contribution is 2.40. The number of hydrogen-bond donors (Lipinski definition) is 0. The highest BCUT2D eigenvalue weighted by Gasteiger charge is 2.30. The van der Waals surface area contributed by atoms with Gasteiger partial charge in [-0.05, 0) is 25.0 Å². The Morgan fingerprint density at radius 2 is 1.71 bits per heavy atom. The van der Waals surface area contributed by atoms with Crippen LogP contribution in [0.3, 0.4) is 0 Å². The summed E-state index contributed by atoms with van der Waals surface area (Å²) in [5, 5.41) is 5.29. The fraction of sp³-hybridized carbons (Fsp3) is 0.211. The molecule has 0 radical (unpaired) electrons. The van der Waals surface area contributed by atoms with Crippen molar-refractivity contribution in [3.8, 4) is 5.69 Å². The fourth-order valence-electron chi connectivity index (χ4n) is 2.57. The molecule has 0 spiro atoms. The van der Waals surface area contributed by atoms with Crippen molar-refractivity contribution in [2.45, 2.75) is 23.9 Å². The molecule has 0 amide bonds. The lowest BCUT2D eigenvalue weighted by Crippen LogP contribution is -2.02. The summed E-state index contributed by atoms with van der Waals surface area (Å²) in [5.74, 6) is 1.96. The molecule has 0 atom stereocenters. The fourth-order valence-corrected chi connectivity index (χ4v) is 3.29. The highest BCUT2D eigenvalue weighted by atomic mass is 32.2. The van der Waals surface area contributed by atoms with E-state index in [4.69, 9.17) is 0 Å². The number of aromatic nitrogens is 3. The second-order valence-electron chi connectivity index (χ2n) is 5.85. The maximum Gasteiger partial charge on any atom is 0.209 e. The first-order chi connectivity index (χ1) is 11.8. The molecule has 1 heterocycles. The van der Waals surface area contributed by atoms with Gasteiger partial charge in [-0.15, -0.1) is 5.10 Å². The summed E-state index contributed by atoms with van der Waals surface area (Å²) in [6.07, 6.45) is 2.33. The third-order valence-electron chi connectivity index (χ3n) is 3.98. The molecule has 120 valence electrons. The van der Waals surface area contributed by atoms with Crippen LogP contribution in [-0.2, 0) is 0 Å². The zero-order chi connectivity index (χ0) is 16.4. The standard InChI is InChI=1S/C19H17N3OS/c23-17(14-7-3-1-4-8-14)13-24-19-20-18(15-11-12-15)22(21-19)16-9-5-2-6-10-16/h1-10,15H,11-13H2. The predicted molar refractivity (Wildman–Crippen MR) is 94.8 cm³/mol. The van der Waals surface area contributed by atoms with Crippen molar-refractivity contribution in [2.24, 2.45) is 0 Å². The number of Topliss-reactive ketones (excluding diaryl/α,β-unsaturated/α-hetero) is 1. The minimum Gasteiger partial charge on any atom is -0.293 e. The van der Waals surface area contributed by atoms with E-state index in [-0.39, 0.29) is 5.78 Å². The summed E-state index contributed by atoms with van der Waals surface area (Å²) in [7, 11) is 0. The number of para-hydroxylation sites is 1. The number of thioether (sulfide) groups is 1. The van der Waals surface area contributed by atoms with Crippen LogP contribution in [0.4, 0.5) is 0 Å². The van der Waals surface area contributed by atoms with Gasteiger partial charge in [-0.25, -0.2) is 9.67 Å². The highest BCUT2D eigenvalue weighted by molar-refractivity contribution is 7.99. The minimum atomic E-state index is 0.102. The summed E-state index contributed by atoms with van der Waals surface area (Å²) in [4.78, 5) is 16.9. The lowest BCUT2D eigenvalue weighted by Gasteiger charge is -2.03.